The number of nitrogens with one attached hydrogen (secondary N) is 1. The molecule has 1 aromatic rings. The molecule has 0 amide bonds. The molecule has 1 aromatic heterocycles. The zero-order valence-corrected chi connectivity index (χ0v) is 9.52. The molecule has 1 N–H and O–H groups in total. The van der Waals surface area contributed by atoms with Gasteiger partial charge in [-0.1, -0.05) is 0 Å². The molecule has 14 heavy (non-hydrogen) atoms. The van der Waals surface area contributed by atoms with E-state index in [-0.39, 0.29) is 11.3 Å². The fourth-order valence-corrected chi connectivity index (χ4v) is 1.23. The third-order valence-electron chi connectivity index (χ3n) is 1.36. The summed E-state index contributed by atoms with van der Waals surface area (Å²) in [6, 6.07) is 0.219. The number of nitrogens with zero attached hydrogens (tertiary/aromatic N) is 3. The summed E-state index contributed by atoms with van der Waals surface area (Å²) in [6.45, 7) is 0.782. The number of thioether (sulfide) groups is 1. The first kappa shape index (κ1) is 11.3. The van der Waals surface area contributed by atoms with Crippen LogP contribution in [0.5, 0.6) is 6.01 Å². The van der Waals surface area contributed by atoms with E-state index in [1.165, 1.54) is 7.11 Å². The van der Waals surface area contributed by atoms with E-state index >= 15 is 0 Å². The summed E-state index contributed by atoms with van der Waals surface area (Å²) >= 11 is 7.39. The lowest BCUT2D eigenvalue weighted by Gasteiger charge is -2.04. The lowest BCUT2D eigenvalue weighted by molar-refractivity contribution is 0.379. The molecule has 0 aromatic carbocycles. The Balaban J connectivity index is 2.62. The molecule has 1 rings (SSSR count). The highest BCUT2D eigenvalue weighted by Crippen LogP contribution is 2.10. The van der Waals surface area contributed by atoms with Crippen LogP contribution in [0.3, 0.4) is 0 Å². The van der Waals surface area contributed by atoms with E-state index in [2.05, 4.69) is 20.3 Å². The smallest absolute Gasteiger partial charge is 0.322 e. The maximum absolute atomic E-state index is 5.65. The van der Waals surface area contributed by atoms with Gasteiger partial charge in [-0.3, -0.25) is 0 Å². The Morgan fingerprint density at radius 1 is 1.43 bits per heavy atom. The second-order valence-electron chi connectivity index (χ2n) is 2.33. The van der Waals surface area contributed by atoms with Gasteiger partial charge in [0, 0.05) is 12.3 Å². The third-order valence-corrected chi connectivity index (χ3v) is 2.14. The van der Waals surface area contributed by atoms with Gasteiger partial charge in [0.1, 0.15) is 0 Å². The molecule has 78 valence electrons. The summed E-state index contributed by atoms with van der Waals surface area (Å²) in [5.41, 5.74) is 0. The molecule has 0 radical (unpaired) electrons. The molecule has 5 nitrogen and oxygen atoms in total. The molecule has 7 heteroatoms. The van der Waals surface area contributed by atoms with Crippen molar-refractivity contribution in [2.75, 3.05) is 31.0 Å². The zero-order valence-electron chi connectivity index (χ0n) is 7.95. The quantitative estimate of drug-likeness (QED) is 0.776. The average molecular weight is 235 g/mol. The van der Waals surface area contributed by atoms with Crippen LogP contribution in [-0.4, -0.2) is 40.6 Å². The molecule has 0 bridgehead atoms. The van der Waals surface area contributed by atoms with Crippen molar-refractivity contribution in [1.29, 1.82) is 0 Å². The number of hydrogen-bond donors (Lipinski definition) is 1. The molecule has 0 aliphatic heterocycles. The average Bonchev–Trinajstić information content (AvgIpc) is 2.17. The van der Waals surface area contributed by atoms with Gasteiger partial charge in [0.05, 0.1) is 7.11 Å². The predicted molar refractivity (Wildman–Crippen MR) is 58.3 cm³/mol. The molecule has 0 fully saturated rings. The van der Waals surface area contributed by atoms with Gasteiger partial charge in [0.2, 0.25) is 11.2 Å². The van der Waals surface area contributed by atoms with Crippen LogP contribution in [0.25, 0.3) is 0 Å². The molecule has 0 saturated heterocycles. The van der Waals surface area contributed by atoms with Crippen molar-refractivity contribution in [3.8, 4) is 6.01 Å². The van der Waals surface area contributed by atoms with Crippen molar-refractivity contribution in [2.24, 2.45) is 0 Å². The molecular formula is C7H11ClN4OS. The van der Waals surface area contributed by atoms with E-state index < -0.39 is 0 Å². The highest BCUT2D eigenvalue weighted by Gasteiger charge is 2.03. The zero-order chi connectivity index (χ0) is 10.4. The largest absolute Gasteiger partial charge is 0.467 e. The van der Waals surface area contributed by atoms with Gasteiger partial charge in [0.15, 0.2) is 0 Å². The maximum Gasteiger partial charge on any atom is 0.322 e. The van der Waals surface area contributed by atoms with Crippen LogP contribution in [0.2, 0.25) is 5.28 Å². The Morgan fingerprint density at radius 2 is 2.21 bits per heavy atom. The summed E-state index contributed by atoms with van der Waals surface area (Å²) in [5.74, 6) is 1.42. The topological polar surface area (TPSA) is 59.9 Å². The van der Waals surface area contributed by atoms with Gasteiger partial charge in [0.25, 0.3) is 0 Å². The second kappa shape index (κ2) is 5.87. The standard InChI is InChI=1S/C7H11ClN4OS/c1-13-7-11-5(8)10-6(12-7)9-3-4-14-2/h3-4H2,1-2H3,(H,9,10,11,12). The number of halogens is 1. The van der Waals surface area contributed by atoms with E-state index in [1.807, 2.05) is 6.26 Å². The summed E-state index contributed by atoms with van der Waals surface area (Å²) in [4.78, 5) is 11.6. The van der Waals surface area contributed by atoms with E-state index in [4.69, 9.17) is 16.3 Å². The summed E-state index contributed by atoms with van der Waals surface area (Å²) < 4.78 is 4.85. The SMILES string of the molecule is COc1nc(Cl)nc(NCCSC)n1. The van der Waals surface area contributed by atoms with Crippen LogP contribution in [-0.2, 0) is 0 Å². The molecule has 0 saturated carbocycles. The van der Waals surface area contributed by atoms with Crippen LogP contribution in [0.4, 0.5) is 5.95 Å². The molecule has 0 atom stereocenters. The second-order valence-corrected chi connectivity index (χ2v) is 3.66. The molecule has 1 heterocycles. The first-order chi connectivity index (χ1) is 6.76. The molecule has 0 unspecified atom stereocenters. The first-order valence-electron chi connectivity index (χ1n) is 3.94. The third kappa shape index (κ3) is 3.55. The number of methoxy groups -OCH3 is 1. The van der Waals surface area contributed by atoms with E-state index in [9.17, 15) is 0 Å². The Morgan fingerprint density at radius 3 is 2.86 bits per heavy atom. The van der Waals surface area contributed by atoms with Crippen LogP contribution in [0.1, 0.15) is 0 Å². The van der Waals surface area contributed by atoms with Crippen molar-refractivity contribution >= 4 is 29.3 Å². The van der Waals surface area contributed by atoms with Gasteiger partial charge >= 0.3 is 6.01 Å². The number of hydrogen-bond acceptors (Lipinski definition) is 6. The minimum atomic E-state index is 0.128. The van der Waals surface area contributed by atoms with Gasteiger partial charge < -0.3 is 10.1 Å². The van der Waals surface area contributed by atoms with Crippen molar-refractivity contribution < 1.29 is 4.74 Å². The van der Waals surface area contributed by atoms with Crippen molar-refractivity contribution in [1.82, 2.24) is 15.0 Å². The lowest BCUT2D eigenvalue weighted by Crippen LogP contribution is -2.08. The number of ether oxygens (including phenoxy) is 1. The fraction of sp³-hybridized carbons (Fsp3) is 0.571. The van der Waals surface area contributed by atoms with Crippen LogP contribution >= 0.6 is 23.4 Å². The molecule has 0 aliphatic rings. The lowest BCUT2D eigenvalue weighted by atomic mass is 10.7. The number of anilines is 1. The predicted octanol–water partition coefficient (Wildman–Crippen LogP) is 1.31. The normalized spacial score (nSPS) is 9.93. The molecule has 0 aliphatic carbocycles. The van der Waals surface area contributed by atoms with E-state index in [1.54, 1.807) is 11.8 Å². The monoisotopic (exact) mass is 234 g/mol. The van der Waals surface area contributed by atoms with Crippen LogP contribution in [0, 0.1) is 0 Å². The Kier molecular flexibility index (Phi) is 4.75. The van der Waals surface area contributed by atoms with Gasteiger partial charge in [-0.25, -0.2) is 0 Å². The van der Waals surface area contributed by atoms with Crippen LogP contribution in [0.15, 0.2) is 0 Å². The van der Waals surface area contributed by atoms with E-state index in [0.717, 1.165) is 12.3 Å². The van der Waals surface area contributed by atoms with Crippen LogP contribution < -0.4 is 10.1 Å². The van der Waals surface area contributed by atoms with Gasteiger partial charge in [-0.2, -0.15) is 26.7 Å². The highest BCUT2D eigenvalue weighted by atomic mass is 35.5. The van der Waals surface area contributed by atoms with Crippen molar-refractivity contribution in [3.63, 3.8) is 0 Å². The number of aromatic nitrogens is 3. The number of rotatable bonds is 5. The maximum atomic E-state index is 5.65. The first-order valence-corrected chi connectivity index (χ1v) is 5.72. The minimum absolute atomic E-state index is 0.128. The minimum Gasteiger partial charge on any atom is -0.467 e. The fourth-order valence-electron chi connectivity index (χ4n) is 0.767. The highest BCUT2D eigenvalue weighted by molar-refractivity contribution is 7.98. The van der Waals surface area contributed by atoms with Crippen molar-refractivity contribution in [2.45, 2.75) is 0 Å². The summed E-state index contributed by atoms with van der Waals surface area (Å²) in [6.07, 6.45) is 2.03. The Labute approximate surface area is 91.6 Å². The van der Waals surface area contributed by atoms with Gasteiger partial charge in [-0.15, -0.1) is 0 Å². The molecular weight excluding hydrogens is 224 g/mol. The summed E-state index contributed by atoms with van der Waals surface area (Å²) in [7, 11) is 1.48. The molecule has 0 spiro atoms. The Bertz CT molecular complexity index is 299. The van der Waals surface area contributed by atoms with Gasteiger partial charge in [-0.05, 0) is 17.9 Å². The Hall–Kier alpha value is -0.750. The van der Waals surface area contributed by atoms with E-state index in [0.29, 0.717) is 5.95 Å². The summed E-state index contributed by atoms with van der Waals surface area (Å²) in [5, 5.41) is 3.14. The van der Waals surface area contributed by atoms with Crippen molar-refractivity contribution in [3.05, 3.63) is 5.28 Å².